The van der Waals surface area contributed by atoms with E-state index in [1.54, 1.807) is 61.5 Å². The molecule has 0 spiro atoms. The van der Waals surface area contributed by atoms with Gasteiger partial charge in [0.2, 0.25) is 11.8 Å². The molecular weight excluding hydrogens is 625 g/mol. The first-order valence-corrected chi connectivity index (χ1v) is 15.2. The second kappa shape index (κ2) is 13.2. The smallest absolute Gasteiger partial charge is 0.264 e. The number of aryl methyl sites for hydroxylation is 1. The van der Waals surface area contributed by atoms with Gasteiger partial charge in [0.25, 0.3) is 10.0 Å². The topological polar surface area (TPSA) is 86.8 Å². The Morgan fingerprint density at radius 1 is 0.949 bits per heavy atom. The molecule has 0 aliphatic carbocycles. The van der Waals surface area contributed by atoms with Gasteiger partial charge >= 0.3 is 0 Å². The molecule has 1 unspecified atom stereocenters. The van der Waals surface area contributed by atoms with Crippen LogP contribution in [0.3, 0.4) is 0 Å². The van der Waals surface area contributed by atoms with Gasteiger partial charge in [0.05, 0.1) is 10.6 Å². The van der Waals surface area contributed by atoms with E-state index in [4.69, 9.17) is 23.2 Å². The normalized spacial score (nSPS) is 12.2. The Labute approximate surface area is 248 Å². The van der Waals surface area contributed by atoms with Crippen LogP contribution in [-0.4, -0.2) is 43.8 Å². The molecule has 11 heteroatoms. The van der Waals surface area contributed by atoms with Gasteiger partial charge in [-0.25, -0.2) is 8.42 Å². The highest BCUT2D eigenvalue weighted by Crippen LogP contribution is 2.29. The van der Waals surface area contributed by atoms with Gasteiger partial charge in [-0.2, -0.15) is 0 Å². The first kappa shape index (κ1) is 30.9. The van der Waals surface area contributed by atoms with Crippen LogP contribution in [0.2, 0.25) is 10.0 Å². The molecule has 0 aliphatic heterocycles. The van der Waals surface area contributed by atoms with Crippen molar-refractivity contribution in [3.05, 3.63) is 92.4 Å². The molecular formula is C28H30BrCl2N3O4S. The van der Waals surface area contributed by atoms with E-state index in [0.717, 1.165) is 9.87 Å². The summed E-state index contributed by atoms with van der Waals surface area (Å²) in [4.78, 5) is 28.3. The van der Waals surface area contributed by atoms with Crippen molar-refractivity contribution in [2.24, 2.45) is 0 Å². The Morgan fingerprint density at radius 3 is 2.10 bits per heavy atom. The minimum Gasteiger partial charge on any atom is -0.352 e. The van der Waals surface area contributed by atoms with Crippen molar-refractivity contribution < 1.29 is 18.0 Å². The Bertz CT molecular complexity index is 1430. The molecule has 0 saturated heterocycles. The summed E-state index contributed by atoms with van der Waals surface area (Å²) < 4.78 is 29.4. The second-order valence-corrected chi connectivity index (χ2v) is 13.0. The van der Waals surface area contributed by atoms with Crippen molar-refractivity contribution in [1.29, 1.82) is 0 Å². The number of carbonyl (C=O) groups excluding carboxylic acids is 2. The largest absolute Gasteiger partial charge is 0.352 e. The molecule has 7 nitrogen and oxygen atoms in total. The summed E-state index contributed by atoms with van der Waals surface area (Å²) in [5, 5.41) is 3.46. The minimum absolute atomic E-state index is 0.0344. The van der Waals surface area contributed by atoms with Crippen LogP contribution in [0.4, 0.5) is 5.69 Å². The summed E-state index contributed by atoms with van der Waals surface area (Å²) in [7, 11) is -4.16. The zero-order chi connectivity index (χ0) is 28.9. The zero-order valence-corrected chi connectivity index (χ0v) is 25.9. The Morgan fingerprint density at radius 2 is 1.54 bits per heavy atom. The summed E-state index contributed by atoms with van der Waals surface area (Å²) in [5.74, 6) is -0.995. The molecule has 0 radical (unpaired) electrons. The maximum absolute atomic E-state index is 13.9. The van der Waals surface area contributed by atoms with Gasteiger partial charge in [-0.1, -0.05) is 69.0 Å². The Balaban J connectivity index is 2.07. The van der Waals surface area contributed by atoms with E-state index in [1.165, 1.54) is 17.0 Å². The van der Waals surface area contributed by atoms with Crippen molar-refractivity contribution >= 4 is 66.7 Å². The highest BCUT2D eigenvalue weighted by molar-refractivity contribution is 9.10. The lowest BCUT2D eigenvalue weighted by Crippen LogP contribution is -2.52. The van der Waals surface area contributed by atoms with E-state index in [-0.39, 0.29) is 23.2 Å². The van der Waals surface area contributed by atoms with Crippen LogP contribution in [0.5, 0.6) is 0 Å². The first-order chi connectivity index (χ1) is 18.3. The van der Waals surface area contributed by atoms with Crippen LogP contribution in [0, 0.1) is 6.92 Å². The molecule has 208 valence electrons. The molecule has 0 heterocycles. The fourth-order valence-corrected chi connectivity index (χ4v) is 6.15. The Kier molecular flexibility index (Phi) is 10.5. The van der Waals surface area contributed by atoms with Gasteiger partial charge in [0, 0.05) is 32.7 Å². The van der Waals surface area contributed by atoms with Gasteiger partial charge in [-0.05, 0) is 70.2 Å². The van der Waals surface area contributed by atoms with Crippen LogP contribution in [0.1, 0.15) is 31.9 Å². The molecule has 39 heavy (non-hydrogen) atoms. The number of halogens is 3. The molecule has 0 aliphatic rings. The van der Waals surface area contributed by atoms with E-state index < -0.39 is 34.4 Å². The number of benzene rings is 3. The van der Waals surface area contributed by atoms with Gasteiger partial charge in [-0.3, -0.25) is 13.9 Å². The Hall–Kier alpha value is -2.59. The molecule has 3 aromatic carbocycles. The van der Waals surface area contributed by atoms with E-state index in [1.807, 2.05) is 20.8 Å². The number of hydrogen-bond donors (Lipinski definition) is 1. The number of hydrogen-bond acceptors (Lipinski definition) is 4. The minimum atomic E-state index is -4.16. The van der Waals surface area contributed by atoms with E-state index in [9.17, 15) is 18.0 Å². The molecule has 3 rings (SSSR count). The molecule has 3 aromatic rings. The number of nitrogens with zero attached hydrogens (tertiary/aromatic N) is 2. The summed E-state index contributed by atoms with van der Waals surface area (Å²) in [5.41, 5.74) is 1.63. The maximum atomic E-state index is 13.9. The summed E-state index contributed by atoms with van der Waals surface area (Å²) >= 11 is 16.2. The lowest BCUT2D eigenvalue weighted by molar-refractivity contribution is -0.139. The number of nitrogens with one attached hydrogen (secondary N) is 1. The molecule has 2 amide bonds. The SMILES string of the molecule is Cc1ccc(S(=O)(=O)N(CC(=O)N(Cc2c(Cl)cccc2Cl)C(C)C(=O)NC(C)C)c2cccc(Br)c2)cc1. The molecule has 1 atom stereocenters. The van der Waals surface area contributed by atoms with Crippen LogP contribution in [0.25, 0.3) is 0 Å². The van der Waals surface area contributed by atoms with Crippen LogP contribution < -0.4 is 9.62 Å². The fourth-order valence-electron chi connectivity index (χ4n) is 3.84. The van der Waals surface area contributed by atoms with Crippen molar-refractivity contribution in [2.75, 3.05) is 10.8 Å². The summed E-state index contributed by atoms with van der Waals surface area (Å²) in [6.07, 6.45) is 0. The molecule has 0 fully saturated rings. The number of sulfonamides is 1. The maximum Gasteiger partial charge on any atom is 0.264 e. The van der Waals surface area contributed by atoms with Crippen LogP contribution >= 0.6 is 39.1 Å². The standard InChI is InChI=1S/C28H30BrCl2N3O4S/c1-18(2)32-28(36)20(4)33(16-24-25(30)9-6-10-26(24)31)27(35)17-34(22-8-5-7-21(29)15-22)39(37,38)23-13-11-19(3)12-14-23/h5-15,18,20H,16-17H2,1-4H3,(H,32,36). The van der Waals surface area contributed by atoms with Gasteiger partial charge in [0.1, 0.15) is 12.6 Å². The van der Waals surface area contributed by atoms with Gasteiger partial charge in [0.15, 0.2) is 0 Å². The first-order valence-electron chi connectivity index (χ1n) is 12.2. The highest BCUT2D eigenvalue weighted by atomic mass is 79.9. The van der Waals surface area contributed by atoms with Crippen molar-refractivity contribution in [1.82, 2.24) is 10.2 Å². The lowest BCUT2D eigenvalue weighted by atomic mass is 10.1. The zero-order valence-electron chi connectivity index (χ0n) is 22.0. The average Bonchev–Trinajstić information content (AvgIpc) is 2.86. The molecule has 0 aromatic heterocycles. The van der Waals surface area contributed by atoms with E-state index in [2.05, 4.69) is 21.2 Å². The van der Waals surface area contributed by atoms with Crippen LogP contribution in [-0.2, 0) is 26.2 Å². The molecule has 1 N–H and O–H groups in total. The predicted octanol–water partition coefficient (Wildman–Crippen LogP) is 6.20. The number of rotatable bonds is 10. The highest BCUT2D eigenvalue weighted by Gasteiger charge is 2.33. The number of amides is 2. The van der Waals surface area contributed by atoms with Gasteiger partial charge in [-0.15, -0.1) is 0 Å². The van der Waals surface area contributed by atoms with Crippen molar-refractivity contribution in [3.8, 4) is 0 Å². The van der Waals surface area contributed by atoms with Crippen molar-refractivity contribution in [3.63, 3.8) is 0 Å². The van der Waals surface area contributed by atoms with E-state index >= 15 is 0 Å². The van der Waals surface area contributed by atoms with E-state index in [0.29, 0.717) is 20.1 Å². The van der Waals surface area contributed by atoms with Gasteiger partial charge < -0.3 is 10.2 Å². The quantitative estimate of drug-likeness (QED) is 0.282. The van der Waals surface area contributed by atoms with Crippen LogP contribution in [0.15, 0.2) is 76.1 Å². The molecule has 0 bridgehead atoms. The third-order valence-electron chi connectivity index (χ3n) is 5.97. The monoisotopic (exact) mass is 653 g/mol. The van der Waals surface area contributed by atoms with Crippen molar-refractivity contribution in [2.45, 2.75) is 51.2 Å². The third kappa shape index (κ3) is 7.75. The predicted molar refractivity (Wildman–Crippen MR) is 160 cm³/mol. The lowest BCUT2D eigenvalue weighted by Gasteiger charge is -2.32. The number of carbonyl (C=O) groups is 2. The number of anilines is 1. The third-order valence-corrected chi connectivity index (χ3v) is 8.96. The fraction of sp³-hybridized carbons (Fsp3) is 0.286. The average molecular weight is 655 g/mol. The summed E-state index contributed by atoms with van der Waals surface area (Å²) in [6, 6.07) is 16.9. The summed E-state index contributed by atoms with van der Waals surface area (Å²) in [6.45, 7) is 6.40. The molecule has 0 saturated carbocycles. The second-order valence-electron chi connectivity index (χ2n) is 9.37.